The molecule has 0 fully saturated rings. The highest BCUT2D eigenvalue weighted by atomic mass is 32.2. The van der Waals surface area contributed by atoms with Gasteiger partial charge in [0.05, 0.1) is 6.26 Å². The zero-order chi connectivity index (χ0) is 13.9. The Hall–Kier alpha value is -1.72. The van der Waals surface area contributed by atoms with Gasteiger partial charge in [-0.2, -0.15) is 8.42 Å². The van der Waals surface area contributed by atoms with E-state index in [1.165, 1.54) is 18.2 Å². The molecule has 5 heteroatoms. The van der Waals surface area contributed by atoms with Gasteiger partial charge in [-0.15, -0.1) is 0 Å². The molecule has 100 valence electrons. The molecule has 0 spiro atoms. The zero-order valence-electron chi connectivity index (χ0n) is 10.3. The van der Waals surface area contributed by atoms with Gasteiger partial charge in [0.15, 0.2) is 0 Å². The number of benzene rings is 2. The summed E-state index contributed by atoms with van der Waals surface area (Å²) in [6, 6.07) is 14.5. The predicted molar refractivity (Wildman–Crippen MR) is 70.6 cm³/mol. The van der Waals surface area contributed by atoms with E-state index in [1.54, 1.807) is 30.3 Å². The SMILES string of the molecule is CS(=O)(=O)OC(c1ccccc1)c1cccc(F)c1. The smallest absolute Gasteiger partial charge is 0.257 e. The number of hydrogen-bond donors (Lipinski definition) is 0. The molecule has 0 N–H and O–H groups in total. The Bertz CT molecular complexity index is 653. The molecule has 2 aromatic rings. The normalized spacial score (nSPS) is 13.2. The van der Waals surface area contributed by atoms with E-state index in [1.807, 2.05) is 6.07 Å². The Morgan fingerprint density at radius 2 is 1.63 bits per heavy atom. The molecular formula is C14H13FO3S. The van der Waals surface area contributed by atoms with Crippen molar-refractivity contribution in [1.29, 1.82) is 0 Å². The molecular weight excluding hydrogens is 267 g/mol. The Morgan fingerprint density at radius 3 is 2.21 bits per heavy atom. The molecule has 0 saturated heterocycles. The Morgan fingerprint density at radius 1 is 1.00 bits per heavy atom. The van der Waals surface area contributed by atoms with Crippen LogP contribution in [0.3, 0.4) is 0 Å². The molecule has 0 aliphatic carbocycles. The van der Waals surface area contributed by atoms with Crippen LogP contribution in [-0.2, 0) is 14.3 Å². The summed E-state index contributed by atoms with van der Waals surface area (Å²) in [4.78, 5) is 0. The summed E-state index contributed by atoms with van der Waals surface area (Å²) >= 11 is 0. The Labute approximate surface area is 111 Å². The topological polar surface area (TPSA) is 43.4 Å². The molecule has 1 atom stereocenters. The average Bonchev–Trinajstić information content (AvgIpc) is 2.36. The summed E-state index contributed by atoms with van der Waals surface area (Å²) in [6.45, 7) is 0. The van der Waals surface area contributed by atoms with E-state index >= 15 is 0 Å². The van der Waals surface area contributed by atoms with Gasteiger partial charge in [-0.1, -0.05) is 42.5 Å². The highest BCUT2D eigenvalue weighted by molar-refractivity contribution is 7.86. The molecule has 2 rings (SSSR count). The van der Waals surface area contributed by atoms with Crippen LogP contribution in [0.25, 0.3) is 0 Å². The van der Waals surface area contributed by atoms with Crippen molar-refractivity contribution in [2.45, 2.75) is 6.10 Å². The quantitative estimate of drug-likeness (QED) is 0.809. The van der Waals surface area contributed by atoms with Crippen molar-refractivity contribution in [2.24, 2.45) is 0 Å². The molecule has 0 bridgehead atoms. The first-order valence-electron chi connectivity index (χ1n) is 5.64. The summed E-state index contributed by atoms with van der Waals surface area (Å²) in [6.07, 6.45) is 0.134. The summed E-state index contributed by atoms with van der Waals surface area (Å²) in [7, 11) is -3.65. The number of halogens is 1. The van der Waals surface area contributed by atoms with Crippen molar-refractivity contribution in [3.63, 3.8) is 0 Å². The molecule has 1 unspecified atom stereocenters. The van der Waals surface area contributed by atoms with E-state index in [4.69, 9.17) is 4.18 Å². The van der Waals surface area contributed by atoms with Crippen LogP contribution in [0.4, 0.5) is 4.39 Å². The molecule has 2 aromatic carbocycles. The Kier molecular flexibility index (Phi) is 3.97. The monoisotopic (exact) mass is 280 g/mol. The van der Waals surface area contributed by atoms with Gasteiger partial charge in [-0.25, -0.2) is 4.39 Å². The fourth-order valence-corrected chi connectivity index (χ4v) is 2.35. The van der Waals surface area contributed by atoms with Gasteiger partial charge in [0, 0.05) is 0 Å². The third kappa shape index (κ3) is 3.87. The lowest BCUT2D eigenvalue weighted by atomic mass is 10.0. The van der Waals surface area contributed by atoms with E-state index in [9.17, 15) is 12.8 Å². The number of hydrogen-bond acceptors (Lipinski definition) is 3. The van der Waals surface area contributed by atoms with Crippen LogP contribution < -0.4 is 0 Å². The minimum absolute atomic E-state index is 0.435. The maximum absolute atomic E-state index is 13.3. The lowest BCUT2D eigenvalue weighted by Crippen LogP contribution is -2.12. The van der Waals surface area contributed by atoms with Gasteiger partial charge in [-0.3, -0.25) is 4.18 Å². The van der Waals surface area contributed by atoms with Crippen LogP contribution in [0.5, 0.6) is 0 Å². The average molecular weight is 280 g/mol. The highest BCUT2D eigenvalue weighted by Gasteiger charge is 2.20. The van der Waals surface area contributed by atoms with E-state index in [0.29, 0.717) is 11.1 Å². The first-order chi connectivity index (χ1) is 8.96. The van der Waals surface area contributed by atoms with Crippen LogP contribution in [0.15, 0.2) is 54.6 Å². The fraction of sp³-hybridized carbons (Fsp3) is 0.143. The summed E-state index contributed by atoms with van der Waals surface area (Å²) < 4.78 is 41.1. The van der Waals surface area contributed by atoms with Crippen molar-refractivity contribution < 1.29 is 17.0 Å². The second-order valence-electron chi connectivity index (χ2n) is 4.15. The van der Waals surface area contributed by atoms with Gasteiger partial charge in [0.2, 0.25) is 0 Å². The third-order valence-corrected chi connectivity index (χ3v) is 3.07. The lowest BCUT2D eigenvalue weighted by molar-refractivity contribution is 0.256. The van der Waals surface area contributed by atoms with Crippen LogP contribution in [0.2, 0.25) is 0 Å². The van der Waals surface area contributed by atoms with Gasteiger partial charge in [0.1, 0.15) is 11.9 Å². The van der Waals surface area contributed by atoms with E-state index < -0.39 is 22.0 Å². The van der Waals surface area contributed by atoms with Crippen LogP contribution in [0.1, 0.15) is 17.2 Å². The first-order valence-corrected chi connectivity index (χ1v) is 7.46. The molecule has 0 amide bonds. The van der Waals surface area contributed by atoms with Crippen molar-refractivity contribution in [2.75, 3.05) is 6.26 Å². The minimum Gasteiger partial charge on any atom is -0.257 e. The second kappa shape index (κ2) is 5.50. The molecule has 3 nitrogen and oxygen atoms in total. The maximum Gasteiger partial charge on any atom is 0.265 e. The summed E-state index contributed by atoms with van der Waals surface area (Å²) in [5.74, 6) is -0.435. The molecule has 0 radical (unpaired) electrons. The van der Waals surface area contributed by atoms with Crippen LogP contribution >= 0.6 is 0 Å². The second-order valence-corrected chi connectivity index (χ2v) is 5.75. The van der Waals surface area contributed by atoms with Gasteiger partial charge in [-0.05, 0) is 23.3 Å². The van der Waals surface area contributed by atoms with Gasteiger partial charge >= 0.3 is 0 Å². The maximum atomic E-state index is 13.3. The highest BCUT2D eigenvalue weighted by Crippen LogP contribution is 2.27. The van der Waals surface area contributed by atoms with Crippen LogP contribution in [-0.4, -0.2) is 14.7 Å². The van der Waals surface area contributed by atoms with Crippen molar-refractivity contribution in [1.82, 2.24) is 0 Å². The molecule has 0 heterocycles. The molecule has 0 aliphatic heterocycles. The van der Waals surface area contributed by atoms with Gasteiger partial charge < -0.3 is 0 Å². The van der Waals surface area contributed by atoms with Crippen molar-refractivity contribution in [3.05, 3.63) is 71.5 Å². The standard InChI is InChI=1S/C14H13FO3S/c1-19(16,17)18-14(11-6-3-2-4-7-11)12-8-5-9-13(15)10-12/h2-10,14H,1H3. The zero-order valence-corrected chi connectivity index (χ0v) is 11.1. The fourth-order valence-electron chi connectivity index (χ4n) is 1.78. The van der Waals surface area contributed by atoms with Gasteiger partial charge in [0.25, 0.3) is 10.1 Å². The van der Waals surface area contributed by atoms with Crippen LogP contribution in [0, 0.1) is 5.82 Å². The largest absolute Gasteiger partial charge is 0.265 e. The lowest BCUT2D eigenvalue weighted by Gasteiger charge is -2.17. The first kappa shape index (κ1) is 13.7. The van der Waals surface area contributed by atoms with E-state index in [-0.39, 0.29) is 0 Å². The van der Waals surface area contributed by atoms with Crippen molar-refractivity contribution in [3.8, 4) is 0 Å². The molecule has 0 aromatic heterocycles. The predicted octanol–water partition coefficient (Wildman–Crippen LogP) is 2.89. The molecule has 0 saturated carbocycles. The summed E-state index contributed by atoms with van der Waals surface area (Å²) in [5.41, 5.74) is 1.11. The van der Waals surface area contributed by atoms with E-state index in [2.05, 4.69) is 0 Å². The minimum atomic E-state index is -3.65. The third-order valence-electron chi connectivity index (χ3n) is 2.52. The molecule has 0 aliphatic rings. The summed E-state index contributed by atoms with van der Waals surface area (Å²) in [5, 5.41) is 0. The van der Waals surface area contributed by atoms with E-state index in [0.717, 1.165) is 6.26 Å². The Balaban J connectivity index is 2.46. The van der Waals surface area contributed by atoms with Crippen molar-refractivity contribution >= 4 is 10.1 Å². The molecule has 19 heavy (non-hydrogen) atoms. The number of rotatable bonds is 4.